The molecular weight excluding hydrogens is 176 g/mol. The van der Waals surface area contributed by atoms with E-state index in [0.717, 1.165) is 5.56 Å². The highest BCUT2D eigenvalue weighted by Crippen LogP contribution is 2.25. The molecule has 3 nitrogen and oxygen atoms in total. The third-order valence-corrected chi connectivity index (χ3v) is 2.77. The van der Waals surface area contributed by atoms with E-state index in [1.165, 1.54) is 18.7 Å². The van der Waals surface area contributed by atoms with Gasteiger partial charge in [-0.25, -0.2) is 5.90 Å². The highest BCUT2D eigenvalue weighted by Gasteiger charge is 2.24. The van der Waals surface area contributed by atoms with Crippen molar-refractivity contribution in [2.75, 3.05) is 20.1 Å². The van der Waals surface area contributed by atoms with Crippen molar-refractivity contribution in [3.63, 3.8) is 0 Å². The first-order chi connectivity index (χ1) is 6.79. The predicted octanol–water partition coefficient (Wildman–Crippen LogP) is 1.11. The number of likely N-dealkylation sites (N-methyl/N-ethyl adjacent to an activating group) is 1. The minimum atomic E-state index is 0.491. The summed E-state index contributed by atoms with van der Waals surface area (Å²) in [6, 6.07) is 8.51. The number of hydrogen-bond donors (Lipinski definition) is 1. The van der Waals surface area contributed by atoms with Crippen LogP contribution < -0.4 is 5.90 Å². The lowest BCUT2D eigenvalue weighted by molar-refractivity contribution is 0.124. The summed E-state index contributed by atoms with van der Waals surface area (Å²) in [5.74, 6) is 5.72. The Kier molecular flexibility index (Phi) is 2.82. The van der Waals surface area contributed by atoms with E-state index < -0.39 is 0 Å². The summed E-state index contributed by atoms with van der Waals surface area (Å²) >= 11 is 0. The molecule has 76 valence electrons. The van der Waals surface area contributed by atoms with Gasteiger partial charge in [-0.1, -0.05) is 24.3 Å². The van der Waals surface area contributed by atoms with Gasteiger partial charge in [-0.05, 0) is 18.2 Å². The zero-order valence-electron chi connectivity index (χ0n) is 8.44. The summed E-state index contributed by atoms with van der Waals surface area (Å²) in [6.45, 7) is 2.84. The lowest BCUT2D eigenvalue weighted by atomic mass is 9.91. The quantitative estimate of drug-likeness (QED) is 0.729. The molecule has 1 heterocycles. The monoisotopic (exact) mass is 192 g/mol. The molecule has 0 radical (unpaired) electrons. The number of nitrogens with zero attached hydrogens (tertiary/aromatic N) is 1. The van der Waals surface area contributed by atoms with Gasteiger partial charge < -0.3 is 4.90 Å². The van der Waals surface area contributed by atoms with E-state index in [1.807, 2.05) is 0 Å². The van der Waals surface area contributed by atoms with Crippen molar-refractivity contribution in [1.82, 2.24) is 4.90 Å². The highest BCUT2D eigenvalue weighted by molar-refractivity contribution is 5.27. The van der Waals surface area contributed by atoms with E-state index in [9.17, 15) is 0 Å². The summed E-state index contributed by atoms with van der Waals surface area (Å²) in [7, 11) is 2.15. The van der Waals surface area contributed by atoms with Gasteiger partial charge in [0.05, 0.1) is 6.61 Å². The van der Waals surface area contributed by atoms with Crippen LogP contribution >= 0.6 is 0 Å². The fourth-order valence-corrected chi connectivity index (χ4v) is 1.89. The maximum absolute atomic E-state index is 5.01. The Morgan fingerprint density at radius 2 is 2.00 bits per heavy atom. The molecule has 1 saturated heterocycles. The summed E-state index contributed by atoms with van der Waals surface area (Å²) < 4.78 is 0. The third kappa shape index (κ3) is 1.95. The van der Waals surface area contributed by atoms with Gasteiger partial charge in [0.2, 0.25) is 0 Å². The molecule has 0 aliphatic carbocycles. The second kappa shape index (κ2) is 4.09. The van der Waals surface area contributed by atoms with Crippen LogP contribution in [0.2, 0.25) is 0 Å². The van der Waals surface area contributed by atoms with Gasteiger partial charge in [-0.15, -0.1) is 0 Å². The molecule has 0 aromatic heterocycles. The molecule has 1 aromatic rings. The molecule has 0 spiro atoms. The van der Waals surface area contributed by atoms with Crippen LogP contribution in [0, 0.1) is 0 Å². The molecule has 0 saturated carbocycles. The van der Waals surface area contributed by atoms with Gasteiger partial charge in [0.1, 0.15) is 0 Å². The average Bonchev–Trinajstić information content (AvgIpc) is 2.15. The van der Waals surface area contributed by atoms with Crippen molar-refractivity contribution in [2.45, 2.75) is 12.5 Å². The largest absolute Gasteiger partial charge is 0.305 e. The summed E-state index contributed by atoms with van der Waals surface area (Å²) in [4.78, 5) is 6.90. The first kappa shape index (κ1) is 9.65. The first-order valence-corrected chi connectivity index (χ1v) is 4.88. The summed E-state index contributed by atoms with van der Waals surface area (Å²) in [6.07, 6.45) is 0. The minimum absolute atomic E-state index is 0.491. The van der Waals surface area contributed by atoms with Gasteiger partial charge in [0.25, 0.3) is 0 Å². The minimum Gasteiger partial charge on any atom is -0.305 e. The molecule has 1 aromatic carbocycles. The molecule has 0 unspecified atom stereocenters. The Hall–Kier alpha value is -0.900. The van der Waals surface area contributed by atoms with Gasteiger partial charge >= 0.3 is 0 Å². The van der Waals surface area contributed by atoms with Gasteiger partial charge in [-0.3, -0.25) is 4.84 Å². The molecule has 2 N–H and O–H groups in total. The molecule has 1 aliphatic rings. The normalized spacial score (nSPS) is 18.1. The van der Waals surface area contributed by atoms with Crippen molar-refractivity contribution in [3.05, 3.63) is 35.4 Å². The van der Waals surface area contributed by atoms with Crippen LogP contribution in [0.15, 0.2) is 24.3 Å². The highest BCUT2D eigenvalue weighted by atomic mass is 16.6. The van der Waals surface area contributed by atoms with Gasteiger partial charge in [0.15, 0.2) is 0 Å². The first-order valence-electron chi connectivity index (χ1n) is 4.88. The topological polar surface area (TPSA) is 38.5 Å². The molecule has 0 bridgehead atoms. The summed E-state index contributed by atoms with van der Waals surface area (Å²) in [5.41, 5.74) is 2.55. The van der Waals surface area contributed by atoms with Crippen molar-refractivity contribution in [3.8, 4) is 0 Å². The lowest BCUT2D eigenvalue weighted by Gasteiger charge is -2.36. The summed E-state index contributed by atoms with van der Waals surface area (Å²) in [5, 5.41) is 0. The Bertz CT molecular complexity index is 291. The van der Waals surface area contributed by atoms with E-state index in [-0.39, 0.29) is 0 Å². The van der Waals surface area contributed by atoms with E-state index in [4.69, 9.17) is 5.90 Å². The van der Waals surface area contributed by atoms with Crippen LogP contribution in [0.25, 0.3) is 0 Å². The van der Waals surface area contributed by atoms with Crippen LogP contribution in [0.1, 0.15) is 17.0 Å². The zero-order chi connectivity index (χ0) is 9.97. The average molecular weight is 192 g/mol. The fraction of sp³-hybridized carbons (Fsp3) is 0.455. The van der Waals surface area contributed by atoms with Crippen LogP contribution in [0.5, 0.6) is 0 Å². The Labute approximate surface area is 84.4 Å². The molecule has 1 fully saturated rings. The van der Waals surface area contributed by atoms with Crippen LogP contribution in [-0.2, 0) is 11.4 Å². The molecule has 3 heteroatoms. The maximum Gasteiger partial charge on any atom is 0.0930 e. The van der Waals surface area contributed by atoms with E-state index in [0.29, 0.717) is 12.5 Å². The molecule has 0 atom stereocenters. The van der Waals surface area contributed by atoms with Crippen molar-refractivity contribution >= 4 is 0 Å². The smallest absolute Gasteiger partial charge is 0.0930 e. The van der Waals surface area contributed by atoms with Crippen molar-refractivity contribution in [1.29, 1.82) is 0 Å². The fourth-order valence-electron chi connectivity index (χ4n) is 1.89. The van der Waals surface area contributed by atoms with Crippen LogP contribution in [0.4, 0.5) is 0 Å². The number of rotatable bonds is 3. The van der Waals surface area contributed by atoms with Gasteiger partial charge in [-0.2, -0.15) is 0 Å². The number of likely N-dealkylation sites (tertiary alicyclic amines) is 1. The van der Waals surface area contributed by atoms with E-state index >= 15 is 0 Å². The Morgan fingerprint density at radius 3 is 2.50 bits per heavy atom. The Balaban J connectivity index is 1.99. The van der Waals surface area contributed by atoms with Gasteiger partial charge in [0, 0.05) is 19.0 Å². The van der Waals surface area contributed by atoms with Crippen LogP contribution in [-0.4, -0.2) is 25.0 Å². The second-order valence-corrected chi connectivity index (χ2v) is 3.97. The molecule has 2 rings (SSSR count). The van der Waals surface area contributed by atoms with E-state index in [2.05, 4.69) is 41.1 Å². The van der Waals surface area contributed by atoms with Crippen molar-refractivity contribution in [2.24, 2.45) is 5.90 Å². The zero-order valence-corrected chi connectivity index (χ0v) is 8.44. The second-order valence-electron chi connectivity index (χ2n) is 3.97. The molecule has 0 amide bonds. The number of benzene rings is 1. The third-order valence-electron chi connectivity index (χ3n) is 2.77. The number of hydrogen-bond acceptors (Lipinski definition) is 3. The predicted molar refractivity (Wildman–Crippen MR) is 55.7 cm³/mol. The molecular formula is C11H16N2O. The standard InChI is InChI=1S/C11H16N2O/c1-13-6-11(7-13)10-4-2-9(3-5-10)8-14-12/h2-5,11H,6-8,12H2,1H3. The van der Waals surface area contributed by atoms with Crippen LogP contribution in [0.3, 0.4) is 0 Å². The Morgan fingerprint density at radius 1 is 1.36 bits per heavy atom. The SMILES string of the molecule is CN1CC(c2ccc(CON)cc2)C1. The van der Waals surface area contributed by atoms with Crippen molar-refractivity contribution < 1.29 is 4.84 Å². The van der Waals surface area contributed by atoms with E-state index in [1.54, 1.807) is 0 Å². The molecule has 1 aliphatic heterocycles. The molecule has 14 heavy (non-hydrogen) atoms. The number of nitrogens with two attached hydrogens (primary N) is 1. The lowest BCUT2D eigenvalue weighted by Crippen LogP contribution is -2.41. The maximum atomic E-state index is 5.01.